The highest BCUT2D eigenvalue weighted by Crippen LogP contribution is 2.20. The highest BCUT2D eigenvalue weighted by atomic mass is 32.1. The third-order valence-corrected chi connectivity index (χ3v) is 5.10. The number of carbonyl (C=O) groups is 3. The van der Waals surface area contributed by atoms with Crippen molar-refractivity contribution in [2.75, 3.05) is 14.1 Å². The number of amides is 2. The van der Waals surface area contributed by atoms with E-state index >= 15 is 0 Å². The highest BCUT2D eigenvalue weighted by molar-refractivity contribution is 7.80. The monoisotopic (exact) mass is 386 g/mol. The fourth-order valence-electron chi connectivity index (χ4n) is 2.97. The predicted octanol–water partition coefficient (Wildman–Crippen LogP) is 1.07. The summed E-state index contributed by atoms with van der Waals surface area (Å²) in [6, 6.07) is 6.42. The Bertz CT molecular complexity index is 943. The summed E-state index contributed by atoms with van der Waals surface area (Å²) in [5.41, 5.74) is 1.70. The lowest BCUT2D eigenvalue weighted by atomic mass is 10.0. The van der Waals surface area contributed by atoms with Gasteiger partial charge in [-0.15, -0.1) is 0 Å². The van der Waals surface area contributed by atoms with Crippen molar-refractivity contribution < 1.29 is 19.5 Å². The Morgan fingerprint density at radius 1 is 1.30 bits per heavy atom. The van der Waals surface area contributed by atoms with Gasteiger partial charge in [0, 0.05) is 43.8 Å². The Morgan fingerprint density at radius 3 is 2.56 bits per heavy atom. The van der Waals surface area contributed by atoms with Crippen molar-refractivity contribution in [1.82, 2.24) is 14.8 Å². The smallest absolute Gasteiger partial charge is 0.328 e. The lowest BCUT2D eigenvalue weighted by Crippen LogP contribution is -2.57. The van der Waals surface area contributed by atoms with E-state index < -0.39 is 29.7 Å². The lowest BCUT2D eigenvalue weighted by molar-refractivity contribution is -0.142. The maximum atomic E-state index is 12.3. The van der Waals surface area contributed by atoms with E-state index in [1.807, 2.05) is 24.3 Å². The molecule has 0 saturated carbocycles. The van der Waals surface area contributed by atoms with Gasteiger partial charge in [-0.1, -0.05) is 18.2 Å². The van der Waals surface area contributed by atoms with E-state index in [1.54, 1.807) is 6.20 Å². The maximum Gasteiger partial charge on any atom is 0.328 e. The van der Waals surface area contributed by atoms with E-state index in [4.69, 9.17) is 12.2 Å². The number of aliphatic carboxylic acids is 1. The average Bonchev–Trinajstić information content (AvgIpc) is 3.06. The van der Waals surface area contributed by atoms with Crippen LogP contribution in [0.4, 0.5) is 0 Å². The first-order valence-electron chi connectivity index (χ1n) is 8.21. The molecule has 1 saturated heterocycles. The topological polar surface area (TPSA) is 106 Å². The van der Waals surface area contributed by atoms with Crippen LogP contribution in [0.25, 0.3) is 10.9 Å². The molecule has 140 valence electrons. The van der Waals surface area contributed by atoms with Crippen LogP contribution < -0.4 is 0 Å². The number of carbonyl (C=O) groups excluding carboxylic acids is 2. The van der Waals surface area contributed by atoms with Gasteiger partial charge in [-0.25, -0.2) is 4.79 Å². The second-order valence-corrected chi connectivity index (χ2v) is 6.64. The molecule has 9 heteroatoms. The number of aromatic amines is 1. The number of carboxylic acids is 1. The van der Waals surface area contributed by atoms with Gasteiger partial charge in [-0.2, -0.15) is 0 Å². The first kappa shape index (κ1) is 18.7. The summed E-state index contributed by atoms with van der Waals surface area (Å²) in [4.78, 5) is 45.8. The van der Waals surface area contributed by atoms with Crippen molar-refractivity contribution in [1.29, 1.82) is 0 Å². The zero-order valence-corrected chi connectivity index (χ0v) is 15.6. The van der Waals surface area contributed by atoms with Crippen molar-refractivity contribution in [3.8, 4) is 0 Å². The number of benzene rings is 1. The van der Waals surface area contributed by atoms with Crippen molar-refractivity contribution in [3.63, 3.8) is 0 Å². The van der Waals surface area contributed by atoms with E-state index in [0.29, 0.717) is 0 Å². The molecule has 2 heterocycles. The van der Waals surface area contributed by atoms with E-state index in [1.165, 1.54) is 23.9 Å². The summed E-state index contributed by atoms with van der Waals surface area (Å²) in [6.45, 7) is 0. The van der Waals surface area contributed by atoms with E-state index in [2.05, 4.69) is 9.98 Å². The molecule has 2 aromatic rings. The summed E-state index contributed by atoms with van der Waals surface area (Å²) in [5.74, 6) is -3.37. The average molecular weight is 386 g/mol. The third-order valence-electron chi connectivity index (χ3n) is 4.56. The first-order chi connectivity index (χ1) is 12.8. The molecule has 1 aromatic carbocycles. The van der Waals surface area contributed by atoms with Crippen LogP contribution in [0, 0.1) is 5.92 Å². The molecule has 3 rings (SSSR count). The van der Waals surface area contributed by atoms with Gasteiger partial charge in [0.25, 0.3) is 0 Å². The number of carboxylic acid groups (broad SMARTS) is 1. The number of fused-ring (bicyclic) bond motifs is 1. The molecule has 2 N–H and O–H groups in total. The van der Waals surface area contributed by atoms with Gasteiger partial charge in [-0.05, 0) is 23.8 Å². The summed E-state index contributed by atoms with van der Waals surface area (Å²) >= 11 is 5.03. The van der Waals surface area contributed by atoms with Gasteiger partial charge in [0.2, 0.25) is 11.8 Å². The Morgan fingerprint density at radius 2 is 1.93 bits per heavy atom. The predicted molar refractivity (Wildman–Crippen MR) is 104 cm³/mol. The third kappa shape index (κ3) is 3.45. The molecule has 1 aliphatic heterocycles. The second-order valence-electron chi connectivity index (χ2n) is 6.27. The number of hydrogen-bond acceptors (Lipinski definition) is 5. The maximum absolute atomic E-state index is 12.3. The van der Waals surface area contributed by atoms with Gasteiger partial charge in [0.1, 0.15) is 0 Å². The van der Waals surface area contributed by atoms with Crippen molar-refractivity contribution >= 4 is 52.2 Å². The molecule has 1 atom stereocenters. The number of thiocarbonyl (C=S) groups is 1. The Labute approximate surface area is 160 Å². The van der Waals surface area contributed by atoms with Gasteiger partial charge in [0.05, 0.1) is 0 Å². The zero-order valence-electron chi connectivity index (χ0n) is 14.7. The summed E-state index contributed by atoms with van der Waals surface area (Å²) in [6.07, 6.45) is 3.00. The molecule has 8 nitrogen and oxygen atoms in total. The molecule has 0 radical (unpaired) electrons. The Balaban J connectivity index is 1.84. The minimum Gasteiger partial charge on any atom is -0.480 e. The number of aromatic nitrogens is 1. The molecule has 0 bridgehead atoms. The van der Waals surface area contributed by atoms with Gasteiger partial charge in [-0.3, -0.25) is 24.4 Å². The minimum absolute atomic E-state index is 0.100. The van der Waals surface area contributed by atoms with Crippen LogP contribution in [-0.4, -0.2) is 69.1 Å². The SMILES string of the molecule is CN1C(=O)C(C=N[C@H](Cc2c[nH]c3ccccc23)C(=O)O)C(=O)N(C)C1=S. The zero-order chi connectivity index (χ0) is 19.7. The molecule has 2 amide bonds. The number of rotatable bonds is 5. The normalized spacial score (nSPS) is 17.3. The highest BCUT2D eigenvalue weighted by Gasteiger charge is 2.39. The van der Waals surface area contributed by atoms with Crippen LogP contribution in [0.15, 0.2) is 35.5 Å². The van der Waals surface area contributed by atoms with Crippen molar-refractivity contribution in [3.05, 3.63) is 36.0 Å². The van der Waals surface area contributed by atoms with Crippen LogP contribution in [-0.2, 0) is 20.8 Å². The molecule has 0 unspecified atom stereocenters. The Kier molecular flexibility index (Phi) is 5.04. The number of para-hydroxylation sites is 1. The fraction of sp³-hybridized carbons (Fsp3) is 0.278. The minimum atomic E-state index is -1.18. The molecule has 0 spiro atoms. The van der Waals surface area contributed by atoms with Gasteiger partial charge < -0.3 is 10.1 Å². The van der Waals surface area contributed by atoms with E-state index in [0.717, 1.165) is 22.7 Å². The number of hydrogen-bond donors (Lipinski definition) is 2. The summed E-state index contributed by atoms with van der Waals surface area (Å²) < 4.78 is 0. The van der Waals surface area contributed by atoms with Gasteiger partial charge in [0.15, 0.2) is 17.1 Å². The number of nitrogens with zero attached hydrogens (tertiary/aromatic N) is 3. The summed E-state index contributed by atoms with van der Waals surface area (Å²) in [7, 11) is 2.93. The molecule has 1 fully saturated rings. The molecular formula is C18H18N4O4S. The number of H-pyrrole nitrogens is 1. The van der Waals surface area contributed by atoms with E-state index in [9.17, 15) is 19.5 Å². The van der Waals surface area contributed by atoms with Crippen LogP contribution >= 0.6 is 12.2 Å². The number of aliphatic imine (C=N–C) groups is 1. The van der Waals surface area contributed by atoms with E-state index in [-0.39, 0.29) is 11.5 Å². The molecule has 1 aliphatic rings. The second kappa shape index (κ2) is 7.28. The van der Waals surface area contributed by atoms with Gasteiger partial charge >= 0.3 is 5.97 Å². The number of nitrogens with one attached hydrogen (secondary N) is 1. The quantitative estimate of drug-likeness (QED) is 0.454. The lowest BCUT2D eigenvalue weighted by Gasteiger charge is -2.33. The summed E-state index contributed by atoms with van der Waals surface area (Å²) in [5, 5.41) is 10.5. The first-order valence-corrected chi connectivity index (χ1v) is 8.62. The molecular weight excluding hydrogens is 368 g/mol. The van der Waals surface area contributed by atoms with Crippen LogP contribution in [0.1, 0.15) is 5.56 Å². The molecule has 0 aliphatic carbocycles. The van der Waals surface area contributed by atoms with Crippen molar-refractivity contribution in [2.24, 2.45) is 10.9 Å². The van der Waals surface area contributed by atoms with Crippen LogP contribution in [0.2, 0.25) is 0 Å². The standard InChI is InChI=1S/C18H18N4O4S/c1-21-15(23)12(16(24)22(2)18(21)27)9-20-14(17(25)26)7-10-8-19-13-6-4-3-5-11(10)13/h3-6,8-9,12,14,19H,7H2,1-2H3,(H,25,26)/t14-/m1/s1. The molecule has 27 heavy (non-hydrogen) atoms. The molecule has 1 aromatic heterocycles. The van der Waals surface area contributed by atoms with Crippen molar-refractivity contribution in [2.45, 2.75) is 12.5 Å². The Hall–Kier alpha value is -3.07. The fourth-order valence-corrected chi connectivity index (χ4v) is 3.15. The van der Waals surface area contributed by atoms with Crippen LogP contribution in [0.5, 0.6) is 0 Å². The van der Waals surface area contributed by atoms with Crippen LogP contribution in [0.3, 0.4) is 0 Å². The largest absolute Gasteiger partial charge is 0.480 e.